The molecule has 1 fully saturated rings. The van der Waals surface area contributed by atoms with Crippen LogP contribution >= 0.6 is 0 Å². The van der Waals surface area contributed by atoms with Crippen LogP contribution in [0.25, 0.3) is 0 Å². The Kier molecular flexibility index (Phi) is 3.26. The number of sulfone groups is 1. The molecule has 0 spiro atoms. The SMILES string of the molecule is CCOC(=O)C(F)(F)C1(O)CCS(=O)(=O)C1. The topological polar surface area (TPSA) is 80.7 Å². The molecule has 94 valence electrons. The summed E-state index contributed by atoms with van der Waals surface area (Å²) in [6.07, 6.45) is -0.666. The maximum Gasteiger partial charge on any atom is 0.380 e. The number of alkyl halides is 2. The smallest absolute Gasteiger partial charge is 0.380 e. The Morgan fingerprint density at radius 3 is 2.50 bits per heavy atom. The van der Waals surface area contributed by atoms with Gasteiger partial charge in [0.1, 0.15) is 0 Å². The average molecular weight is 258 g/mol. The van der Waals surface area contributed by atoms with Crippen LogP contribution in [-0.2, 0) is 19.4 Å². The Labute approximate surface area is 91.3 Å². The fourth-order valence-corrected chi connectivity index (χ4v) is 3.34. The van der Waals surface area contributed by atoms with Crippen LogP contribution in [0.5, 0.6) is 0 Å². The number of esters is 1. The van der Waals surface area contributed by atoms with Gasteiger partial charge in [-0.1, -0.05) is 0 Å². The number of rotatable bonds is 3. The van der Waals surface area contributed by atoms with Crippen LogP contribution in [0.3, 0.4) is 0 Å². The van der Waals surface area contributed by atoms with Crippen molar-refractivity contribution >= 4 is 15.8 Å². The van der Waals surface area contributed by atoms with Crippen molar-refractivity contribution in [1.29, 1.82) is 0 Å². The molecule has 16 heavy (non-hydrogen) atoms. The van der Waals surface area contributed by atoms with Gasteiger partial charge in [0.2, 0.25) is 0 Å². The minimum absolute atomic E-state index is 0.267. The van der Waals surface area contributed by atoms with Gasteiger partial charge in [-0.15, -0.1) is 0 Å². The predicted octanol–water partition coefficient (Wildman–Crippen LogP) is -0.266. The van der Waals surface area contributed by atoms with Gasteiger partial charge in [0, 0.05) is 0 Å². The third-order valence-corrected chi connectivity index (χ3v) is 4.15. The summed E-state index contributed by atoms with van der Waals surface area (Å²) in [6, 6.07) is 0. The van der Waals surface area contributed by atoms with Crippen molar-refractivity contribution in [2.75, 3.05) is 18.1 Å². The summed E-state index contributed by atoms with van der Waals surface area (Å²) >= 11 is 0. The first-order chi connectivity index (χ1) is 7.15. The van der Waals surface area contributed by atoms with E-state index in [1.165, 1.54) is 6.92 Å². The summed E-state index contributed by atoms with van der Waals surface area (Å²) in [7, 11) is -3.72. The molecular formula is C8H12F2O5S. The fraction of sp³-hybridized carbons (Fsp3) is 0.875. The maximum atomic E-state index is 13.4. The third kappa shape index (κ3) is 2.17. The quantitative estimate of drug-likeness (QED) is 0.705. The molecule has 1 rings (SSSR count). The molecule has 1 heterocycles. The van der Waals surface area contributed by atoms with Crippen LogP contribution in [0.2, 0.25) is 0 Å². The summed E-state index contributed by atoms with van der Waals surface area (Å²) in [5, 5.41) is 9.52. The van der Waals surface area contributed by atoms with E-state index in [2.05, 4.69) is 4.74 Å². The lowest BCUT2D eigenvalue weighted by molar-refractivity contribution is -0.207. The van der Waals surface area contributed by atoms with E-state index in [4.69, 9.17) is 0 Å². The molecule has 0 amide bonds. The fourth-order valence-electron chi connectivity index (χ4n) is 1.49. The van der Waals surface area contributed by atoms with E-state index in [0.717, 1.165) is 0 Å². The molecular weight excluding hydrogens is 246 g/mol. The number of aliphatic hydroxyl groups is 1. The maximum absolute atomic E-state index is 13.4. The van der Waals surface area contributed by atoms with Crippen LogP contribution in [0, 0.1) is 0 Å². The lowest BCUT2D eigenvalue weighted by Crippen LogP contribution is -2.54. The molecule has 0 aromatic carbocycles. The van der Waals surface area contributed by atoms with E-state index in [0.29, 0.717) is 0 Å². The number of carbonyl (C=O) groups excluding carboxylic acids is 1. The first kappa shape index (κ1) is 13.3. The molecule has 0 bridgehead atoms. The van der Waals surface area contributed by atoms with Gasteiger partial charge in [-0.3, -0.25) is 0 Å². The van der Waals surface area contributed by atoms with Crippen LogP contribution in [0.1, 0.15) is 13.3 Å². The first-order valence-electron chi connectivity index (χ1n) is 4.62. The molecule has 0 aromatic rings. The Bertz CT molecular complexity index is 391. The zero-order valence-corrected chi connectivity index (χ0v) is 9.39. The Morgan fingerprint density at radius 2 is 2.12 bits per heavy atom. The number of carbonyl (C=O) groups is 1. The molecule has 1 atom stereocenters. The van der Waals surface area contributed by atoms with Crippen molar-refractivity contribution in [1.82, 2.24) is 0 Å². The van der Waals surface area contributed by atoms with Crippen molar-refractivity contribution in [2.45, 2.75) is 24.9 Å². The van der Waals surface area contributed by atoms with E-state index in [1.807, 2.05) is 0 Å². The summed E-state index contributed by atoms with van der Waals surface area (Å²) in [4.78, 5) is 10.9. The second-order valence-corrected chi connectivity index (χ2v) is 5.85. The molecule has 5 nitrogen and oxygen atoms in total. The normalized spacial score (nSPS) is 29.0. The second-order valence-electron chi connectivity index (χ2n) is 3.67. The third-order valence-electron chi connectivity index (χ3n) is 2.40. The van der Waals surface area contributed by atoms with Crippen molar-refractivity contribution < 1.29 is 31.8 Å². The van der Waals surface area contributed by atoms with Gasteiger partial charge in [0.05, 0.1) is 18.1 Å². The standard InChI is InChI=1S/C8H12F2O5S/c1-2-15-6(11)8(9,10)7(12)3-4-16(13,14)5-7/h12H,2-5H2,1H3. The Morgan fingerprint density at radius 1 is 1.56 bits per heavy atom. The van der Waals surface area contributed by atoms with Crippen LogP contribution in [0.4, 0.5) is 8.78 Å². The van der Waals surface area contributed by atoms with E-state index in [1.54, 1.807) is 0 Å². The van der Waals surface area contributed by atoms with Crippen LogP contribution < -0.4 is 0 Å². The van der Waals surface area contributed by atoms with E-state index >= 15 is 0 Å². The van der Waals surface area contributed by atoms with Crippen molar-refractivity contribution in [3.05, 3.63) is 0 Å². The molecule has 1 aliphatic heterocycles. The molecule has 0 radical (unpaired) electrons. The van der Waals surface area contributed by atoms with Gasteiger partial charge in [0.15, 0.2) is 15.4 Å². The molecule has 1 saturated heterocycles. The second kappa shape index (κ2) is 3.92. The molecule has 1 aliphatic rings. The average Bonchev–Trinajstić information content (AvgIpc) is 2.42. The molecule has 0 saturated carbocycles. The van der Waals surface area contributed by atoms with Gasteiger partial charge >= 0.3 is 11.9 Å². The molecule has 0 aliphatic carbocycles. The summed E-state index contributed by atoms with van der Waals surface area (Å²) in [5.74, 6) is -7.77. The zero-order valence-electron chi connectivity index (χ0n) is 8.57. The minimum atomic E-state index is -4.20. The van der Waals surface area contributed by atoms with Gasteiger partial charge < -0.3 is 9.84 Å². The predicted molar refractivity (Wildman–Crippen MR) is 49.8 cm³/mol. The van der Waals surface area contributed by atoms with Crippen molar-refractivity contribution in [3.8, 4) is 0 Å². The molecule has 8 heteroatoms. The van der Waals surface area contributed by atoms with Gasteiger partial charge in [-0.2, -0.15) is 8.78 Å². The van der Waals surface area contributed by atoms with Gasteiger partial charge in [-0.05, 0) is 13.3 Å². The summed E-state index contributed by atoms with van der Waals surface area (Å²) in [5.41, 5.74) is -2.85. The zero-order chi connectivity index (χ0) is 12.6. The number of hydrogen-bond donors (Lipinski definition) is 1. The van der Waals surface area contributed by atoms with Gasteiger partial charge in [0.25, 0.3) is 0 Å². The number of hydrogen-bond acceptors (Lipinski definition) is 5. The highest BCUT2D eigenvalue weighted by Gasteiger charge is 2.63. The van der Waals surface area contributed by atoms with Gasteiger partial charge in [-0.25, -0.2) is 13.2 Å². The van der Waals surface area contributed by atoms with E-state index in [9.17, 15) is 27.1 Å². The Hall–Kier alpha value is -0.760. The van der Waals surface area contributed by atoms with Crippen LogP contribution in [-0.4, -0.2) is 49.1 Å². The summed E-state index contributed by atoms with van der Waals surface area (Å²) < 4.78 is 53.1. The van der Waals surface area contributed by atoms with E-state index in [-0.39, 0.29) is 6.61 Å². The highest BCUT2D eigenvalue weighted by molar-refractivity contribution is 7.91. The highest BCUT2D eigenvalue weighted by Crippen LogP contribution is 2.38. The largest absolute Gasteiger partial charge is 0.461 e. The lowest BCUT2D eigenvalue weighted by atomic mass is 9.95. The minimum Gasteiger partial charge on any atom is -0.461 e. The monoisotopic (exact) mass is 258 g/mol. The van der Waals surface area contributed by atoms with Crippen LogP contribution in [0.15, 0.2) is 0 Å². The van der Waals surface area contributed by atoms with Crippen molar-refractivity contribution in [3.63, 3.8) is 0 Å². The first-order valence-corrected chi connectivity index (χ1v) is 6.44. The molecule has 1 N–H and O–H groups in total. The number of halogens is 2. The van der Waals surface area contributed by atoms with E-state index < -0.39 is 45.3 Å². The Balaban J connectivity index is 2.96. The molecule has 0 aromatic heterocycles. The molecule has 1 unspecified atom stereocenters. The number of ether oxygens (including phenoxy) is 1. The van der Waals surface area contributed by atoms with Crippen molar-refractivity contribution in [2.24, 2.45) is 0 Å². The lowest BCUT2D eigenvalue weighted by Gasteiger charge is -2.28. The summed E-state index contributed by atoms with van der Waals surface area (Å²) in [6.45, 7) is 1.07. The highest BCUT2D eigenvalue weighted by atomic mass is 32.2.